The van der Waals surface area contributed by atoms with Gasteiger partial charge in [0.05, 0.1) is 0 Å². The summed E-state index contributed by atoms with van der Waals surface area (Å²) >= 11 is 0. The van der Waals surface area contributed by atoms with Crippen molar-refractivity contribution in [1.82, 2.24) is 0 Å². The summed E-state index contributed by atoms with van der Waals surface area (Å²) in [5, 5.41) is 8.79. The molecule has 0 saturated heterocycles. The second-order valence-corrected chi connectivity index (χ2v) is 6.17. The summed E-state index contributed by atoms with van der Waals surface area (Å²) in [6.07, 6.45) is 8.33. The van der Waals surface area contributed by atoms with E-state index in [1.807, 2.05) is 24.3 Å². The summed E-state index contributed by atoms with van der Waals surface area (Å²) in [6.45, 7) is 0. The molecule has 3 heteroatoms. The number of hydrogen-bond acceptors (Lipinski definition) is 2. The third-order valence-electron chi connectivity index (χ3n) is 4.38. The number of benzene rings is 2. The van der Waals surface area contributed by atoms with Crippen LogP contribution in [0.25, 0.3) is 6.08 Å². The van der Waals surface area contributed by atoms with Crippen molar-refractivity contribution in [3.63, 3.8) is 0 Å². The molecule has 1 N–H and O–H groups in total. The minimum atomic E-state index is -0.927. The molecule has 0 saturated carbocycles. The van der Waals surface area contributed by atoms with Gasteiger partial charge < -0.3 is 9.84 Å². The largest absolute Gasteiger partial charge is 0.490 e. The maximum Gasteiger partial charge on any atom is 0.328 e. The van der Waals surface area contributed by atoms with Crippen molar-refractivity contribution < 1.29 is 14.6 Å². The van der Waals surface area contributed by atoms with Gasteiger partial charge in [-0.3, -0.25) is 0 Å². The zero-order valence-corrected chi connectivity index (χ0v) is 13.7. The number of rotatable bonds is 7. The van der Waals surface area contributed by atoms with Crippen LogP contribution in [0.3, 0.4) is 0 Å². The lowest BCUT2D eigenvalue weighted by Gasteiger charge is -2.10. The number of unbranched alkanes of at least 4 members (excludes halogenated alkanes) is 1. The summed E-state index contributed by atoms with van der Waals surface area (Å²) in [7, 11) is 0. The lowest BCUT2D eigenvalue weighted by molar-refractivity contribution is -0.131. The van der Waals surface area contributed by atoms with Crippen LogP contribution in [0.15, 0.2) is 54.6 Å². The molecule has 24 heavy (non-hydrogen) atoms. The Morgan fingerprint density at radius 1 is 1.12 bits per heavy atom. The van der Waals surface area contributed by atoms with E-state index < -0.39 is 5.97 Å². The van der Waals surface area contributed by atoms with Crippen molar-refractivity contribution in [1.29, 1.82) is 0 Å². The number of fused-ring (bicyclic) bond motifs is 1. The van der Waals surface area contributed by atoms with E-state index in [1.165, 1.54) is 11.6 Å². The van der Waals surface area contributed by atoms with Crippen LogP contribution >= 0.6 is 0 Å². The zero-order valence-electron chi connectivity index (χ0n) is 13.7. The molecule has 0 fully saturated rings. The number of carbonyl (C=O) groups is 1. The van der Waals surface area contributed by atoms with E-state index in [4.69, 9.17) is 9.84 Å². The number of hydrogen-bond donors (Lipinski definition) is 1. The number of aliphatic carboxylic acids is 1. The highest BCUT2D eigenvalue weighted by molar-refractivity contribution is 5.85. The topological polar surface area (TPSA) is 46.5 Å². The van der Waals surface area contributed by atoms with Crippen molar-refractivity contribution in [2.45, 2.75) is 38.2 Å². The van der Waals surface area contributed by atoms with Crippen LogP contribution in [0.2, 0.25) is 0 Å². The normalized spacial score (nSPS) is 16.1. The predicted molar refractivity (Wildman–Crippen MR) is 95.2 cm³/mol. The maximum absolute atomic E-state index is 10.7. The van der Waals surface area contributed by atoms with Gasteiger partial charge in [-0.15, -0.1) is 0 Å². The molecule has 3 nitrogen and oxygen atoms in total. The third kappa shape index (κ3) is 4.25. The van der Waals surface area contributed by atoms with Gasteiger partial charge in [-0.05, 0) is 49.0 Å². The fourth-order valence-electron chi connectivity index (χ4n) is 3.18. The van der Waals surface area contributed by atoms with Gasteiger partial charge >= 0.3 is 5.97 Å². The van der Waals surface area contributed by atoms with Crippen LogP contribution in [-0.4, -0.2) is 17.2 Å². The second kappa shape index (κ2) is 7.82. The number of carboxylic acid groups (broad SMARTS) is 1. The molecule has 0 unspecified atom stereocenters. The van der Waals surface area contributed by atoms with E-state index in [1.54, 1.807) is 6.08 Å². The monoisotopic (exact) mass is 322 g/mol. The smallest absolute Gasteiger partial charge is 0.328 e. The van der Waals surface area contributed by atoms with Crippen molar-refractivity contribution in [3.8, 4) is 5.75 Å². The molecule has 3 rings (SSSR count). The lowest BCUT2D eigenvalue weighted by atomic mass is 9.99. The SMILES string of the molecule is O=C(O)C=Cc1cccc2c1C[C@@H](CCCCc1ccccc1)O2. The molecule has 2 aromatic carbocycles. The molecule has 0 aromatic heterocycles. The molecule has 0 amide bonds. The van der Waals surface area contributed by atoms with E-state index in [0.717, 1.165) is 49.0 Å². The summed E-state index contributed by atoms with van der Waals surface area (Å²) < 4.78 is 6.03. The number of ether oxygens (including phenoxy) is 1. The lowest BCUT2D eigenvalue weighted by Crippen LogP contribution is -2.12. The fraction of sp³-hybridized carbons (Fsp3) is 0.286. The molecule has 1 heterocycles. The predicted octanol–water partition coefficient (Wildman–Crippen LogP) is 4.50. The minimum absolute atomic E-state index is 0.204. The standard InChI is InChI=1S/C21H22O3/c22-21(23)14-13-17-10-6-12-20-19(17)15-18(24-20)11-5-4-9-16-7-2-1-3-8-16/h1-3,6-8,10,12-14,18H,4-5,9,11,15H2,(H,22,23)/t18-/m1/s1. The van der Waals surface area contributed by atoms with Gasteiger partial charge in [0.1, 0.15) is 11.9 Å². The average molecular weight is 322 g/mol. The van der Waals surface area contributed by atoms with Crippen LogP contribution in [0.4, 0.5) is 0 Å². The van der Waals surface area contributed by atoms with Crippen LogP contribution in [0.5, 0.6) is 5.75 Å². The third-order valence-corrected chi connectivity index (χ3v) is 4.38. The first kappa shape index (κ1) is 16.3. The highest BCUT2D eigenvalue weighted by atomic mass is 16.5. The van der Waals surface area contributed by atoms with Gasteiger partial charge in [-0.2, -0.15) is 0 Å². The second-order valence-electron chi connectivity index (χ2n) is 6.17. The van der Waals surface area contributed by atoms with Crippen LogP contribution in [0.1, 0.15) is 36.0 Å². The Labute approximate surface area is 142 Å². The Kier molecular flexibility index (Phi) is 5.32. The number of aryl methyl sites for hydroxylation is 1. The van der Waals surface area contributed by atoms with Gasteiger partial charge in [0.2, 0.25) is 0 Å². The first-order chi connectivity index (χ1) is 11.7. The molecule has 1 aliphatic heterocycles. The average Bonchev–Trinajstić information content (AvgIpc) is 3.01. The van der Waals surface area contributed by atoms with E-state index in [-0.39, 0.29) is 6.10 Å². The molecule has 0 spiro atoms. The highest BCUT2D eigenvalue weighted by Crippen LogP contribution is 2.33. The van der Waals surface area contributed by atoms with Gasteiger partial charge in [0, 0.05) is 18.1 Å². The van der Waals surface area contributed by atoms with Crippen LogP contribution in [-0.2, 0) is 17.6 Å². The molecule has 1 aliphatic rings. The minimum Gasteiger partial charge on any atom is -0.490 e. The molecule has 1 atom stereocenters. The Bertz CT molecular complexity index is 719. The number of carboxylic acids is 1. The quantitative estimate of drug-likeness (QED) is 0.603. The van der Waals surface area contributed by atoms with Crippen molar-refractivity contribution >= 4 is 12.0 Å². The Morgan fingerprint density at radius 2 is 1.96 bits per heavy atom. The fourth-order valence-corrected chi connectivity index (χ4v) is 3.18. The van der Waals surface area contributed by atoms with E-state index in [2.05, 4.69) is 24.3 Å². The van der Waals surface area contributed by atoms with Gasteiger partial charge in [0.25, 0.3) is 0 Å². The first-order valence-corrected chi connectivity index (χ1v) is 8.46. The zero-order chi connectivity index (χ0) is 16.8. The van der Waals surface area contributed by atoms with Gasteiger partial charge in [-0.25, -0.2) is 4.79 Å². The summed E-state index contributed by atoms with van der Waals surface area (Å²) in [6, 6.07) is 16.4. The summed E-state index contributed by atoms with van der Waals surface area (Å²) in [5.74, 6) is -0.0282. The molecule has 0 bridgehead atoms. The molecular weight excluding hydrogens is 300 g/mol. The van der Waals surface area contributed by atoms with Crippen molar-refractivity contribution in [2.75, 3.05) is 0 Å². The molecule has 0 radical (unpaired) electrons. The molecule has 0 aliphatic carbocycles. The van der Waals surface area contributed by atoms with E-state index >= 15 is 0 Å². The molecular formula is C21H22O3. The van der Waals surface area contributed by atoms with Crippen LogP contribution in [0, 0.1) is 0 Å². The molecule has 2 aromatic rings. The summed E-state index contributed by atoms with van der Waals surface area (Å²) in [5.41, 5.74) is 3.46. The maximum atomic E-state index is 10.7. The van der Waals surface area contributed by atoms with Gasteiger partial charge in [-0.1, -0.05) is 42.5 Å². The van der Waals surface area contributed by atoms with Gasteiger partial charge in [0.15, 0.2) is 0 Å². The van der Waals surface area contributed by atoms with E-state index in [9.17, 15) is 4.79 Å². The summed E-state index contributed by atoms with van der Waals surface area (Å²) in [4.78, 5) is 10.7. The Morgan fingerprint density at radius 3 is 2.75 bits per heavy atom. The van der Waals surface area contributed by atoms with Crippen LogP contribution < -0.4 is 4.74 Å². The Balaban J connectivity index is 1.51. The highest BCUT2D eigenvalue weighted by Gasteiger charge is 2.24. The van der Waals surface area contributed by atoms with Crippen molar-refractivity contribution in [3.05, 3.63) is 71.3 Å². The molecule has 124 valence electrons. The Hall–Kier alpha value is -2.55. The first-order valence-electron chi connectivity index (χ1n) is 8.46. The van der Waals surface area contributed by atoms with E-state index in [0.29, 0.717) is 0 Å². The van der Waals surface area contributed by atoms with Crippen molar-refractivity contribution in [2.24, 2.45) is 0 Å².